The molecule has 0 bridgehead atoms. The Kier molecular flexibility index (Phi) is 6.28. The summed E-state index contributed by atoms with van der Waals surface area (Å²) in [6, 6.07) is 5.44. The number of allylic oxidation sites excluding steroid dienone is 4. The van der Waals surface area contributed by atoms with E-state index < -0.39 is 11.9 Å². The van der Waals surface area contributed by atoms with E-state index in [1.54, 1.807) is 19.3 Å². The van der Waals surface area contributed by atoms with Crippen molar-refractivity contribution < 1.29 is 33.9 Å². The van der Waals surface area contributed by atoms with Crippen molar-refractivity contribution in [2.24, 2.45) is 0 Å². The second-order valence-electron chi connectivity index (χ2n) is 8.31. The zero-order chi connectivity index (χ0) is 22.8. The zero-order valence-electron chi connectivity index (χ0n) is 18.2. The number of nitrogens with one attached hydrogen (secondary N) is 1. The molecule has 1 heterocycles. The van der Waals surface area contributed by atoms with E-state index in [9.17, 15) is 19.5 Å². The van der Waals surface area contributed by atoms with Gasteiger partial charge in [0.05, 0.1) is 30.1 Å². The summed E-state index contributed by atoms with van der Waals surface area (Å²) in [7, 11) is 1.54. The van der Waals surface area contributed by atoms with E-state index in [2.05, 4.69) is 6.58 Å². The van der Waals surface area contributed by atoms with Gasteiger partial charge in [-0.15, -0.1) is 0 Å². The van der Waals surface area contributed by atoms with E-state index in [1.165, 1.54) is 0 Å². The number of carbonyl (C=O) groups excluding carboxylic acids is 3. The van der Waals surface area contributed by atoms with E-state index in [0.29, 0.717) is 72.7 Å². The topological polar surface area (TPSA) is 97.2 Å². The van der Waals surface area contributed by atoms with E-state index in [4.69, 9.17) is 9.47 Å². The minimum atomic E-state index is -1.20. The van der Waals surface area contributed by atoms with Crippen LogP contribution in [0.25, 0.3) is 0 Å². The molecule has 2 aliphatic carbocycles. The third-order valence-electron chi connectivity index (χ3n) is 6.42. The fourth-order valence-electron chi connectivity index (χ4n) is 5.17. The molecule has 1 N–H and O–H groups in total. The van der Waals surface area contributed by atoms with Gasteiger partial charge in [-0.3, -0.25) is 14.5 Å². The van der Waals surface area contributed by atoms with Crippen molar-refractivity contribution in [3.63, 3.8) is 0 Å². The summed E-state index contributed by atoms with van der Waals surface area (Å²) in [5.41, 5.74) is 3.46. The Balaban J connectivity index is 1.90. The fraction of sp³-hybridized carbons (Fsp3) is 0.400. The van der Waals surface area contributed by atoms with Gasteiger partial charge >= 0.3 is 0 Å². The molecule has 0 atom stereocenters. The maximum atomic E-state index is 13.2. The normalized spacial score (nSPS) is 22.9. The molecule has 1 aromatic rings. The largest absolute Gasteiger partial charge is 0.544 e. The summed E-state index contributed by atoms with van der Waals surface area (Å²) in [6.07, 6.45) is 5.03. The number of ketones is 2. The van der Waals surface area contributed by atoms with Crippen LogP contribution < -0.4 is 19.5 Å². The second-order valence-corrected chi connectivity index (χ2v) is 8.31. The number of hydrogen-bond donors (Lipinski definition) is 1. The number of quaternary nitrogens is 1. The number of benzene rings is 1. The second kappa shape index (κ2) is 9.12. The van der Waals surface area contributed by atoms with Crippen LogP contribution in [0, 0.1) is 0 Å². The van der Waals surface area contributed by atoms with Crippen LogP contribution in [-0.2, 0) is 14.4 Å². The van der Waals surface area contributed by atoms with Gasteiger partial charge in [-0.05, 0) is 30.5 Å². The number of carboxylic acids is 1. The Morgan fingerprint density at radius 2 is 1.72 bits per heavy atom. The summed E-state index contributed by atoms with van der Waals surface area (Å²) in [5.74, 6) is -0.716. The van der Waals surface area contributed by atoms with Gasteiger partial charge in [0, 0.05) is 25.7 Å². The molecule has 0 spiro atoms. The Bertz CT molecular complexity index is 1010. The van der Waals surface area contributed by atoms with Gasteiger partial charge in [-0.2, -0.15) is 0 Å². The molecular weight excluding hydrogens is 410 g/mol. The van der Waals surface area contributed by atoms with Gasteiger partial charge in [-0.1, -0.05) is 18.7 Å². The number of rotatable bonds is 7. The number of carbonyl (C=O) groups is 3. The zero-order valence-corrected chi connectivity index (χ0v) is 18.2. The van der Waals surface area contributed by atoms with Gasteiger partial charge in [0.2, 0.25) is 0 Å². The van der Waals surface area contributed by atoms with Crippen LogP contribution in [0.5, 0.6) is 11.5 Å². The van der Waals surface area contributed by atoms with Gasteiger partial charge in [-0.25, -0.2) is 0 Å². The summed E-state index contributed by atoms with van der Waals surface area (Å²) >= 11 is 0. The monoisotopic (exact) mass is 437 g/mol. The van der Waals surface area contributed by atoms with E-state index in [1.807, 2.05) is 12.1 Å². The molecule has 1 aliphatic heterocycles. The molecule has 4 rings (SSSR count). The average molecular weight is 437 g/mol. The lowest BCUT2D eigenvalue weighted by Gasteiger charge is -2.39. The number of ether oxygens (including phenoxy) is 2. The molecular formula is C25H27NO6. The smallest absolute Gasteiger partial charge is 0.165 e. The van der Waals surface area contributed by atoms with Gasteiger partial charge < -0.3 is 19.4 Å². The molecule has 0 saturated carbocycles. The van der Waals surface area contributed by atoms with Crippen LogP contribution >= 0.6 is 0 Å². The number of carboxylic acid groups (broad SMARTS) is 1. The summed E-state index contributed by atoms with van der Waals surface area (Å²) < 4.78 is 11.2. The highest BCUT2D eigenvalue weighted by molar-refractivity contribution is 6.05. The lowest BCUT2D eigenvalue weighted by atomic mass is 9.71. The highest BCUT2D eigenvalue weighted by atomic mass is 16.5. The SMILES string of the molecule is C=CCOc1ccc(C2C3=C(CCCC3=O)[NH+](CC(=O)[O-])C3=C2C(=O)CCC3)cc1OC. The van der Waals surface area contributed by atoms with Crippen molar-refractivity contribution in [2.45, 2.75) is 44.4 Å². The van der Waals surface area contributed by atoms with Crippen LogP contribution in [0.4, 0.5) is 0 Å². The van der Waals surface area contributed by atoms with Crippen molar-refractivity contribution in [3.8, 4) is 11.5 Å². The molecule has 0 unspecified atom stereocenters. The predicted octanol–water partition coefficient (Wildman–Crippen LogP) is 1.01. The van der Waals surface area contributed by atoms with Crippen molar-refractivity contribution >= 4 is 17.5 Å². The van der Waals surface area contributed by atoms with E-state index in [0.717, 1.165) is 17.0 Å². The molecule has 7 heteroatoms. The summed E-state index contributed by atoms with van der Waals surface area (Å²) in [4.78, 5) is 38.5. The maximum Gasteiger partial charge on any atom is 0.165 e. The van der Waals surface area contributed by atoms with Crippen molar-refractivity contribution in [2.75, 3.05) is 20.3 Å². The molecule has 0 saturated heterocycles. The molecule has 1 aromatic carbocycles. The van der Waals surface area contributed by atoms with E-state index >= 15 is 0 Å². The van der Waals surface area contributed by atoms with Crippen molar-refractivity contribution in [1.29, 1.82) is 0 Å². The van der Waals surface area contributed by atoms with Crippen LogP contribution in [0.15, 0.2) is 53.4 Å². The lowest BCUT2D eigenvalue weighted by molar-refractivity contribution is -0.819. The number of aliphatic carboxylic acids is 1. The number of methoxy groups -OCH3 is 1. The van der Waals surface area contributed by atoms with Crippen LogP contribution in [-0.4, -0.2) is 37.8 Å². The first kappa shape index (κ1) is 22.0. The first-order valence-corrected chi connectivity index (χ1v) is 11.0. The molecule has 3 aliphatic rings. The Morgan fingerprint density at radius 1 is 1.09 bits per heavy atom. The molecule has 0 radical (unpaired) electrons. The third-order valence-corrected chi connectivity index (χ3v) is 6.42. The highest BCUT2D eigenvalue weighted by Crippen LogP contribution is 2.45. The third kappa shape index (κ3) is 3.88. The summed E-state index contributed by atoms with van der Waals surface area (Å²) in [5, 5.41) is 11.6. The van der Waals surface area contributed by atoms with Gasteiger partial charge in [0.15, 0.2) is 23.1 Å². The molecule has 0 amide bonds. The Labute approximate surface area is 187 Å². The molecule has 168 valence electrons. The maximum absolute atomic E-state index is 13.2. The van der Waals surface area contributed by atoms with Crippen LogP contribution in [0.2, 0.25) is 0 Å². The molecule has 0 fully saturated rings. The first-order valence-electron chi connectivity index (χ1n) is 11.0. The minimum absolute atomic E-state index is 0.0250. The van der Waals surface area contributed by atoms with Crippen LogP contribution in [0.1, 0.15) is 50.0 Å². The van der Waals surface area contributed by atoms with Crippen molar-refractivity contribution in [1.82, 2.24) is 0 Å². The molecule has 7 nitrogen and oxygen atoms in total. The van der Waals surface area contributed by atoms with Gasteiger partial charge in [0.1, 0.15) is 24.5 Å². The van der Waals surface area contributed by atoms with E-state index in [-0.39, 0.29) is 18.1 Å². The summed E-state index contributed by atoms with van der Waals surface area (Å²) in [6.45, 7) is 3.70. The number of hydrogen-bond acceptors (Lipinski definition) is 6. The standard InChI is InChI=1S/C25H27NO6/c1-3-12-32-20-11-10-15(13-21(20)31-2)23-24-16(6-4-8-18(24)27)26(14-22(29)30)17-7-5-9-19(28)25(17)23/h3,10-11,13,23H,1,4-9,12,14H2,2H3,(H,29,30). The quantitative estimate of drug-likeness (QED) is 0.640. The minimum Gasteiger partial charge on any atom is -0.544 e. The highest BCUT2D eigenvalue weighted by Gasteiger charge is 2.46. The Morgan fingerprint density at radius 3 is 2.25 bits per heavy atom. The first-order chi connectivity index (χ1) is 15.5. The average Bonchev–Trinajstić information content (AvgIpc) is 2.78. The fourth-order valence-corrected chi connectivity index (χ4v) is 5.17. The molecule has 32 heavy (non-hydrogen) atoms. The molecule has 0 aromatic heterocycles. The van der Waals surface area contributed by atoms with Crippen LogP contribution in [0.3, 0.4) is 0 Å². The lowest BCUT2D eigenvalue weighted by Crippen LogP contribution is -3.11. The number of Topliss-reactive ketones (excluding diaryl/α,β-unsaturated/α-hetero) is 2. The van der Waals surface area contributed by atoms with Gasteiger partial charge in [0.25, 0.3) is 0 Å². The predicted molar refractivity (Wildman–Crippen MR) is 114 cm³/mol. The van der Waals surface area contributed by atoms with Crippen molar-refractivity contribution in [3.05, 3.63) is 59.0 Å². The Hall–Kier alpha value is -3.19.